The van der Waals surface area contributed by atoms with Crippen LogP contribution in [0.5, 0.6) is 0 Å². The molecule has 0 aliphatic heterocycles. The first-order valence-electron chi connectivity index (χ1n) is 4.07. The predicted octanol–water partition coefficient (Wildman–Crippen LogP) is 2.89. The molecule has 0 heterocycles. The highest BCUT2D eigenvalue weighted by Gasteiger charge is 2.12. The van der Waals surface area contributed by atoms with Gasteiger partial charge in [0.1, 0.15) is 0 Å². The fraction of sp³-hybridized carbons (Fsp3) is 0.300. The van der Waals surface area contributed by atoms with Crippen LogP contribution in [-0.4, -0.2) is 5.88 Å². The number of nitriles is 1. The molecule has 1 unspecified atom stereocenters. The second-order valence-electron chi connectivity index (χ2n) is 2.90. The quantitative estimate of drug-likeness (QED) is 0.712. The predicted molar refractivity (Wildman–Crippen MR) is 49.9 cm³/mol. The summed E-state index contributed by atoms with van der Waals surface area (Å²) in [5, 5.41) is 8.60. The Morgan fingerprint density at radius 2 is 2.14 bits per heavy atom. The SMILES string of the molecule is N#CC(CCl)Cc1cccc(F)c1F. The molecule has 0 aliphatic carbocycles. The topological polar surface area (TPSA) is 23.8 Å². The second-order valence-corrected chi connectivity index (χ2v) is 3.21. The van der Waals surface area contributed by atoms with Crippen LogP contribution in [0.3, 0.4) is 0 Å². The van der Waals surface area contributed by atoms with E-state index >= 15 is 0 Å². The van der Waals surface area contributed by atoms with Gasteiger partial charge in [-0.05, 0) is 18.1 Å². The minimum Gasteiger partial charge on any atom is -0.204 e. The van der Waals surface area contributed by atoms with Gasteiger partial charge in [0, 0.05) is 5.88 Å². The average molecular weight is 216 g/mol. The van der Waals surface area contributed by atoms with Crippen molar-refractivity contribution < 1.29 is 8.78 Å². The van der Waals surface area contributed by atoms with E-state index < -0.39 is 17.6 Å². The molecular formula is C10H8ClF2N. The highest BCUT2D eigenvalue weighted by Crippen LogP contribution is 2.16. The minimum atomic E-state index is -0.895. The van der Waals surface area contributed by atoms with Crippen LogP contribution in [0.1, 0.15) is 5.56 Å². The Morgan fingerprint density at radius 1 is 1.43 bits per heavy atom. The zero-order valence-electron chi connectivity index (χ0n) is 7.30. The Hall–Kier alpha value is -1.14. The van der Waals surface area contributed by atoms with Crippen molar-refractivity contribution in [3.8, 4) is 6.07 Å². The first kappa shape index (κ1) is 10.9. The van der Waals surface area contributed by atoms with Gasteiger partial charge in [0.2, 0.25) is 0 Å². The standard InChI is InChI=1S/C10H8ClF2N/c11-5-7(6-14)4-8-2-1-3-9(12)10(8)13/h1-3,7H,4-5H2. The van der Waals surface area contributed by atoms with Crippen molar-refractivity contribution in [2.45, 2.75) is 6.42 Å². The monoisotopic (exact) mass is 215 g/mol. The largest absolute Gasteiger partial charge is 0.204 e. The zero-order chi connectivity index (χ0) is 10.6. The highest BCUT2D eigenvalue weighted by molar-refractivity contribution is 6.18. The van der Waals surface area contributed by atoms with Crippen molar-refractivity contribution in [1.29, 1.82) is 5.26 Å². The summed E-state index contributed by atoms with van der Waals surface area (Å²) < 4.78 is 25.9. The van der Waals surface area contributed by atoms with E-state index in [2.05, 4.69) is 0 Å². The van der Waals surface area contributed by atoms with Gasteiger partial charge < -0.3 is 0 Å². The normalized spacial score (nSPS) is 12.1. The van der Waals surface area contributed by atoms with Crippen molar-refractivity contribution >= 4 is 11.6 Å². The van der Waals surface area contributed by atoms with E-state index in [1.807, 2.05) is 6.07 Å². The molecule has 0 aliphatic rings. The van der Waals surface area contributed by atoms with Crippen molar-refractivity contribution in [1.82, 2.24) is 0 Å². The Labute approximate surface area is 85.9 Å². The molecule has 0 saturated carbocycles. The van der Waals surface area contributed by atoms with Gasteiger partial charge in [-0.2, -0.15) is 5.26 Å². The molecule has 1 aromatic rings. The van der Waals surface area contributed by atoms with Gasteiger partial charge in [0.25, 0.3) is 0 Å². The fourth-order valence-corrected chi connectivity index (χ4v) is 1.28. The molecule has 0 saturated heterocycles. The van der Waals surface area contributed by atoms with Gasteiger partial charge in [-0.15, -0.1) is 11.6 Å². The van der Waals surface area contributed by atoms with Crippen molar-refractivity contribution in [3.63, 3.8) is 0 Å². The molecule has 4 heteroatoms. The van der Waals surface area contributed by atoms with Crippen LogP contribution in [0, 0.1) is 28.9 Å². The molecule has 1 atom stereocenters. The summed E-state index contributed by atoms with van der Waals surface area (Å²) in [6.07, 6.45) is 0.142. The zero-order valence-corrected chi connectivity index (χ0v) is 8.06. The Balaban J connectivity index is 2.87. The van der Waals surface area contributed by atoms with Gasteiger partial charge in [-0.1, -0.05) is 12.1 Å². The first-order chi connectivity index (χ1) is 6.69. The third-order valence-electron chi connectivity index (χ3n) is 1.87. The third kappa shape index (κ3) is 2.43. The lowest BCUT2D eigenvalue weighted by atomic mass is 10.0. The summed E-state index contributed by atoms with van der Waals surface area (Å²) in [7, 11) is 0. The first-order valence-corrected chi connectivity index (χ1v) is 4.61. The molecule has 0 spiro atoms. The van der Waals surface area contributed by atoms with Crippen LogP contribution in [0.15, 0.2) is 18.2 Å². The fourth-order valence-electron chi connectivity index (χ4n) is 1.11. The number of halogens is 3. The number of hydrogen-bond acceptors (Lipinski definition) is 1. The van der Waals surface area contributed by atoms with Crippen LogP contribution >= 0.6 is 11.6 Å². The molecule has 0 aromatic heterocycles. The van der Waals surface area contributed by atoms with Crippen LogP contribution in [0.2, 0.25) is 0 Å². The number of hydrogen-bond donors (Lipinski definition) is 0. The number of nitrogens with zero attached hydrogens (tertiary/aromatic N) is 1. The molecule has 1 nitrogen and oxygen atoms in total. The molecule has 0 bridgehead atoms. The minimum absolute atomic E-state index is 0.118. The summed E-state index contributed by atoms with van der Waals surface area (Å²) in [4.78, 5) is 0. The van der Waals surface area contributed by atoms with E-state index in [0.717, 1.165) is 6.07 Å². The lowest BCUT2D eigenvalue weighted by Crippen LogP contribution is -2.05. The molecule has 1 rings (SSSR count). The van der Waals surface area contributed by atoms with Gasteiger partial charge >= 0.3 is 0 Å². The van der Waals surface area contributed by atoms with Crippen LogP contribution in [0.25, 0.3) is 0 Å². The highest BCUT2D eigenvalue weighted by atomic mass is 35.5. The van der Waals surface area contributed by atoms with Crippen LogP contribution in [0.4, 0.5) is 8.78 Å². The van der Waals surface area contributed by atoms with Crippen molar-refractivity contribution in [2.24, 2.45) is 5.92 Å². The smallest absolute Gasteiger partial charge is 0.162 e. The Bertz CT molecular complexity index is 360. The summed E-state index contributed by atoms with van der Waals surface area (Å²) >= 11 is 5.47. The average Bonchev–Trinajstić information content (AvgIpc) is 2.20. The molecule has 0 N–H and O–H groups in total. The van der Waals surface area contributed by atoms with Gasteiger partial charge in [-0.3, -0.25) is 0 Å². The van der Waals surface area contributed by atoms with E-state index in [4.69, 9.17) is 16.9 Å². The number of alkyl halides is 1. The van der Waals surface area contributed by atoms with E-state index in [1.165, 1.54) is 12.1 Å². The van der Waals surface area contributed by atoms with Crippen molar-refractivity contribution in [3.05, 3.63) is 35.4 Å². The van der Waals surface area contributed by atoms with Crippen LogP contribution < -0.4 is 0 Å². The van der Waals surface area contributed by atoms with Crippen LogP contribution in [-0.2, 0) is 6.42 Å². The maximum Gasteiger partial charge on any atom is 0.162 e. The van der Waals surface area contributed by atoms with E-state index in [9.17, 15) is 8.78 Å². The van der Waals surface area contributed by atoms with Crippen molar-refractivity contribution in [2.75, 3.05) is 5.88 Å². The molecule has 0 radical (unpaired) electrons. The van der Waals surface area contributed by atoms with E-state index in [1.54, 1.807) is 0 Å². The molecule has 0 amide bonds. The summed E-state index contributed by atoms with van der Waals surface area (Å²) in [6, 6.07) is 5.84. The molecular weight excluding hydrogens is 208 g/mol. The molecule has 0 fully saturated rings. The number of benzene rings is 1. The number of rotatable bonds is 3. The lowest BCUT2D eigenvalue weighted by Gasteiger charge is -2.06. The summed E-state index contributed by atoms with van der Waals surface area (Å²) in [6.45, 7) is 0. The summed E-state index contributed by atoms with van der Waals surface area (Å²) in [5.74, 6) is -2.15. The molecule has 14 heavy (non-hydrogen) atoms. The Kier molecular flexibility index (Phi) is 3.84. The Morgan fingerprint density at radius 3 is 2.71 bits per heavy atom. The lowest BCUT2D eigenvalue weighted by molar-refractivity contribution is 0.494. The molecule has 74 valence electrons. The van der Waals surface area contributed by atoms with E-state index in [-0.39, 0.29) is 17.9 Å². The second kappa shape index (κ2) is 4.92. The van der Waals surface area contributed by atoms with Gasteiger partial charge in [0.15, 0.2) is 11.6 Å². The van der Waals surface area contributed by atoms with Gasteiger partial charge in [-0.25, -0.2) is 8.78 Å². The van der Waals surface area contributed by atoms with Gasteiger partial charge in [0.05, 0.1) is 12.0 Å². The van der Waals surface area contributed by atoms with E-state index in [0.29, 0.717) is 0 Å². The summed E-state index contributed by atoms with van der Waals surface area (Å²) in [5.41, 5.74) is 0.192. The maximum absolute atomic E-state index is 13.1. The maximum atomic E-state index is 13.1. The third-order valence-corrected chi connectivity index (χ3v) is 2.24. The molecule has 1 aromatic carbocycles.